The Labute approximate surface area is 224 Å². The highest BCUT2D eigenvalue weighted by atomic mass is 16.6. The summed E-state index contributed by atoms with van der Waals surface area (Å²) in [4.78, 5) is 14.7. The maximum atomic E-state index is 12.9. The molecule has 1 aliphatic rings. The molecule has 1 fully saturated rings. The lowest BCUT2D eigenvalue weighted by molar-refractivity contribution is -0.0372. The van der Waals surface area contributed by atoms with Crippen LogP contribution in [0.2, 0.25) is 0 Å². The molecule has 7 heteroatoms. The van der Waals surface area contributed by atoms with Crippen molar-refractivity contribution in [2.45, 2.75) is 64.4 Å². The van der Waals surface area contributed by atoms with Gasteiger partial charge >= 0.3 is 6.09 Å². The Kier molecular flexibility index (Phi) is 7.74. The van der Waals surface area contributed by atoms with Gasteiger partial charge in [-0.3, -0.25) is 0 Å². The summed E-state index contributed by atoms with van der Waals surface area (Å²) in [6.45, 7) is 7.92. The van der Waals surface area contributed by atoms with Crippen LogP contribution in [0.1, 0.15) is 49.9 Å². The highest BCUT2D eigenvalue weighted by Gasteiger charge is 2.36. The first-order valence-corrected chi connectivity index (χ1v) is 13.4. The minimum atomic E-state index is -0.546. The maximum absolute atomic E-state index is 12.9. The molecule has 1 amide bonds. The first kappa shape index (κ1) is 25.9. The third kappa shape index (κ3) is 6.40. The molecule has 2 heterocycles. The van der Waals surface area contributed by atoms with Crippen LogP contribution >= 0.6 is 0 Å². The third-order valence-electron chi connectivity index (χ3n) is 6.97. The molecule has 3 aromatic carbocycles. The lowest BCUT2D eigenvalue weighted by Gasteiger charge is -2.38. The fourth-order valence-electron chi connectivity index (χ4n) is 5.05. The van der Waals surface area contributed by atoms with E-state index in [0.29, 0.717) is 19.7 Å². The van der Waals surface area contributed by atoms with Crippen LogP contribution in [-0.2, 0) is 29.0 Å². The molecule has 1 aliphatic heterocycles. The number of benzene rings is 3. The van der Waals surface area contributed by atoms with Gasteiger partial charge in [0.15, 0.2) is 0 Å². The Bertz CT molecular complexity index is 1360. The number of piperidine rings is 1. The van der Waals surface area contributed by atoms with Crippen LogP contribution in [0.15, 0.2) is 79.0 Å². The number of likely N-dealkylation sites (tertiary alicyclic amines) is 1. The second kappa shape index (κ2) is 11.4. The summed E-state index contributed by atoms with van der Waals surface area (Å²) in [6.07, 6.45) is 2.96. The van der Waals surface area contributed by atoms with E-state index in [2.05, 4.69) is 64.9 Å². The van der Waals surface area contributed by atoms with Gasteiger partial charge in [0.25, 0.3) is 0 Å². The standard InChI is InChI=1S/C31H36N4O3/c1-31(2,3)38-30(36)34-17-16-27(28-20-32-33-35(28)18-15-23-9-5-4-6-10-23)29(21-34)37-22-24-13-14-25-11-7-8-12-26(25)19-24/h4-14,19-20,27,29H,15-18,21-22H2,1-3H3/t27-,29+/m0/s1. The molecule has 0 saturated carbocycles. The number of hydrogen-bond acceptors (Lipinski definition) is 5. The Hall–Kier alpha value is -3.71. The minimum absolute atomic E-state index is 0.0694. The van der Waals surface area contributed by atoms with E-state index in [0.717, 1.165) is 30.6 Å². The number of nitrogens with zero attached hydrogens (tertiary/aromatic N) is 4. The summed E-state index contributed by atoms with van der Waals surface area (Å²) in [5.74, 6) is 0.0694. The second-order valence-electron chi connectivity index (χ2n) is 11.0. The average Bonchev–Trinajstić information content (AvgIpc) is 3.38. The molecule has 2 atom stereocenters. The molecule has 1 aromatic heterocycles. The summed E-state index contributed by atoms with van der Waals surface area (Å²) >= 11 is 0. The van der Waals surface area contributed by atoms with E-state index < -0.39 is 5.60 Å². The van der Waals surface area contributed by atoms with E-state index in [9.17, 15) is 4.79 Å². The van der Waals surface area contributed by atoms with Gasteiger partial charge in [-0.1, -0.05) is 71.9 Å². The smallest absolute Gasteiger partial charge is 0.410 e. The highest BCUT2D eigenvalue weighted by Crippen LogP contribution is 2.32. The van der Waals surface area contributed by atoms with Gasteiger partial charge in [0, 0.05) is 19.0 Å². The van der Waals surface area contributed by atoms with Crippen molar-refractivity contribution < 1.29 is 14.3 Å². The first-order valence-electron chi connectivity index (χ1n) is 13.4. The van der Waals surface area contributed by atoms with Crippen LogP contribution in [0.25, 0.3) is 10.8 Å². The van der Waals surface area contributed by atoms with Gasteiger partial charge in [0.05, 0.1) is 31.1 Å². The molecule has 0 N–H and O–H groups in total. The van der Waals surface area contributed by atoms with Crippen molar-refractivity contribution >= 4 is 16.9 Å². The number of aryl methyl sites for hydroxylation is 2. The lowest BCUT2D eigenvalue weighted by Crippen LogP contribution is -2.48. The Balaban J connectivity index is 1.34. The van der Waals surface area contributed by atoms with Crippen LogP contribution in [0.4, 0.5) is 4.79 Å². The minimum Gasteiger partial charge on any atom is -0.444 e. The number of ether oxygens (including phenoxy) is 2. The van der Waals surface area contributed by atoms with Crippen LogP contribution in [-0.4, -0.2) is 50.8 Å². The van der Waals surface area contributed by atoms with E-state index in [1.807, 2.05) is 49.8 Å². The predicted molar refractivity (Wildman–Crippen MR) is 148 cm³/mol. The van der Waals surface area contributed by atoms with Gasteiger partial charge in [-0.2, -0.15) is 0 Å². The lowest BCUT2D eigenvalue weighted by atomic mass is 9.90. The molecule has 0 unspecified atom stereocenters. The zero-order valence-corrected chi connectivity index (χ0v) is 22.4. The number of carbonyl (C=O) groups excluding carboxylic acids is 1. The molecule has 1 saturated heterocycles. The zero-order chi connectivity index (χ0) is 26.5. The third-order valence-corrected chi connectivity index (χ3v) is 6.97. The molecule has 38 heavy (non-hydrogen) atoms. The number of rotatable bonds is 7. The number of carbonyl (C=O) groups is 1. The summed E-state index contributed by atoms with van der Waals surface area (Å²) in [6, 6.07) is 25.1. The van der Waals surface area contributed by atoms with Gasteiger partial charge in [-0.05, 0) is 61.6 Å². The molecule has 5 rings (SSSR count). The van der Waals surface area contributed by atoms with Gasteiger partial charge in [0.1, 0.15) is 5.60 Å². The van der Waals surface area contributed by atoms with E-state index in [4.69, 9.17) is 9.47 Å². The second-order valence-corrected chi connectivity index (χ2v) is 11.0. The molecular weight excluding hydrogens is 476 g/mol. The number of fused-ring (bicyclic) bond motifs is 1. The molecular formula is C31H36N4O3. The quantitative estimate of drug-likeness (QED) is 0.305. The summed E-state index contributed by atoms with van der Waals surface area (Å²) in [5.41, 5.74) is 2.87. The van der Waals surface area contributed by atoms with Crippen molar-refractivity contribution in [2.24, 2.45) is 0 Å². The fraction of sp³-hybridized carbons (Fsp3) is 0.387. The molecule has 0 radical (unpaired) electrons. The number of amides is 1. The Morgan fingerprint density at radius 3 is 2.53 bits per heavy atom. The SMILES string of the molecule is CC(C)(C)OC(=O)N1CC[C@@H](c2cnnn2CCc2ccccc2)[C@H](OCc2ccc3ccccc3c2)C1. The molecule has 7 nitrogen and oxygen atoms in total. The van der Waals surface area contributed by atoms with Gasteiger partial charge in [0.2, 0.25) is 0 Å². The van der Waals surface area contributed by atoms with Crippen molar-refractivity contribution in [3.8, 4) is 0 Å². The van der Waals surface area contributed by atoms with E-state index in [-0.39, 0.29) is 18.1 Å². The number of hydrogen-bond donors (Lipinski definition) is 0. The van der Waals surface area contributed by atoms with Crippen LogP contribution in [0.3, 0.4) is 0 Å². The van der Waals surface area contributed by atoms with E-state index >= 15 is 0 Å². The van der Waals surface area contributed by atoms with Crippen LogP contribution in [0, 0.1) is 0 Å². The van der Waals surface area contributed by atoms with Crippen LogP contribution < -0.4 is 0 Å². The van der Waals surface area contributed by atoms with Crippen molar-refractivity contribution in [2.75, 3.05) is 13.1 Å². The van der Waals surface area contributed by atoms with Gasteiger partial charge in [-0.25, -0.2) is 9.48 Å². The number of aromatic nitrogens is 3. The van der Waals surface area contributed by atoms with E-state index in [1.165, 1.54) is 16.3 Å². The van der Waals surface area contributed by atoms with E-state index in [1.54, 1.807) is 4.90 Å². The molecule has 0 bridgehead atoms. The summed E-state index contributed by atoms with van der Waals surface area (Å²) < 4.78 is 14.2. The topological polar surface area (TPSA) is 69.5 Å². The predicted octanol–water partition coefficient (Wildman–Crippen LogP) is 5.98. The van der Waals surface area contributed by atoms with Gasteiger partial charge < -0.3 is 14.4 Å². The van der Waals surface area contributed by atoms with Crippen molar-refractivity contribution in [3.05, 3.63) is 95.8 Å². The molecule has 198 valence electrons. The molecule has 0 spiro atoms. The van der Waals surface area contributed by atoms with Gasteiger partial charge in [-0.15, -0.1) is 5.10 Å². The molecule has 0 aliphatic carbocycles. The summed E-state index contributed by atoms with van der Waals surface area (Å²) in [5, 5.41) is 11.0. The zero-order valence-electron chi connectivity index (χ0n) is 22.4. The van der Waals surface area contributed by atoms with Crippen LogP contribution in [0.5, 0.6) is 0 Å². The fourth-order valence-corrected chi connectivity index (χ4v) is 5.05. The normalized spacial score (nSPS) is 18.0. The first-order chi connectivity index (χ1) is 18.4. The molecule has 4 aromatic rings. The Morgan fingerprint density at radius 2 is 1.74 bits per heavy atom. The monoisotopic (exact) mass is 512 g/mol. The van der Waals surface area contributed by atoms with Crippen molar-refractivity contribution in [1.82, 2.24) is 19.9 Å². The van der Waals surface area contributed by atoms with Crippen molar-refractivity contribution in [1.29, 1.82) is 0 Å². The maximum Gasteiger partial charge on any atom is 0.410 e. The largest absolute Gasteiger partial charge is 0.444 e. The average molecular weight is 513 g/mol. The summed E-state index contributed by atoms with van der Waals surface area (Å²) in [7, 11) is 0. The Morgan fingerprint density at radius 1 is 0.974 bits per heavy atom. The van der Waals surface area contributed by atoms with Crippen molar-refractivity contribution in [3.63, 3.8) is 0 Å². The highest BCUT2D eigenvalue weighted by molar-refractivity contribution is 5.82.